The van der Waals surface area contributed by atoms with Crippen LogP contribution in [0.15, 0.2) is 24.4 Å². The number of carbonyl (C=O) groups excluding carboxylic acids is 1. The van der Waals surface area contributed by atoms with Crippen LogP contribution in [0.1, 0.15) is 10.4 Å². The molecule has 152 valence electrons. The van der Waals surface area contributed by atoms with Crippen LogP contribution in [0.4, 0.5) is 4.39 Å². The van der Waals surface area contributed by atoms with Crippen LogP contribution in [0.25, 0.3) is 11.3 Å². The van der Waals surface area contributed by atoms with E-state index in [1.54, 1.807) is 0 Å². The smallest absolute Gasteiger partial charge is 0.341 e. The van der Waals surface area contributed by atoms with Crippen molar-refractivity contribution in [2.75, 3.05) is 54.5 Å². The standard InChI is InChI=1S/C19H24ClFN4O3/c1-24(2)7-9-27-18(26)15-12-22-19(28-10-8-25(3)4)23-17(15)14-6-5-13(21)11-16(14)20/h5-6,11-12H,7-10H2,1-4H3. The van der Waals surface area contributed by atoms with Gasteiger partial charge in [-0.15, -0.1) is 0 Å². The van der Waals surface area contributed by atoms with E-state index in [2.05, 4.69) is 9.97 Å². The minimum Gasteiger partial charge on any atom is -0.462 e. The van der Waals surface area contributed by atoms with Gasteiger partial charge in [-0.05, 0) is 46.4 Å². The molecule has 2 aromatic rings. The van der Waals surface area contributed by atoms with Gasteiger partial charge in [0.1, 0.15) is 24.6 Å². The molecule has 0 fully saturated rings. The Morgan fingerprint density at radius 3 is 2.46 bits per heavy atom. The quantitative estimate of drug-likeness (QED) is 0.588. The van der Waals surface area contributed by atoms with Crippen molar-refractivity contribution in [3.63, 3.8) is 0 Å². The van der Waals surface area contributed by atoms with E-state index < -0.39 is 11.8 Å². The third-order valence-electron chi connectivity index (χ3n) is 3.71. The molecule has 1 aromatic heterocycles. The fourth-order valence-corrected chi connectivity index (χ4v) is 2.45. The summed E-state index contributed by atoms with van der Waals surface area (Å²) in [5, 5.41) is 0.125. The number of nitrogens with zero attached hydrogens (tertiary/aromatic N) is 4. The summed E-state index contributed by atoms with van der Waals surface area (Å²) in [5.41, 5.74) is 0.754. The summed E-state index contributed by atoms with van der Waals surface area (Å²) in [7, 11) is 7.59. The molecule has 7 nitrogen and oxygen atoms in total. The molecule has 0 N–H and O–H groups in total. The molecule has 0 saturated heterocycles. The Morgan fingerprint density at radius 2 is 1.82 bits per heavy atom. The highest BCUT2D eigenvalue weighted by atomic mass is 35.5. The Kier molecular flexibility index (Phi) is 8.10. The van der Waals surface area contributed by atoms with Gasteiger partial charge >= 0.3 is 12.0 Å². The summed E-state index contributed by atoms with van der Waals surface area (Å²) >= 11 is 6.18. The maximum absolute atomic E-state index is 13.4. The van der Waals surface area contributed by atoms with Gasteiger partial charge in [0.2, 0.25) is 0 Å². The van der Waals surface area contributed by atoms with Gasteiger partial charge in [-0.3, -0.25) is 0 Å². The largest absolute Gasteiger partial charge is 0.462 e. The molecule has 0 aliphatic carbocycles. The number of ether oxygens (including phenoxy) is 2. The van der Waals surface area contributed by atoms with Crippen LogP contribution in [0.5, 0.6) is 6.01 Å². The molecule has 1 heterocycles. The second-order valence-electron chi connectivity index (χ2n) is 6.63. The van der Waals surface area contributed by atoms with Crippen LogP contribution >= 0.6 is 11.6 Å². The van der Waals surface area contributed by atoms with Crippen molar-refractivity contribution in [3.05, 3.63) is 40.8 Å². The predicted octanol–water partition coefficient (Wildman–Crippen LogP) is 2.59. The zero-order valence-electron chi connectivity index (χ0n) is 16.4. The molecular weight excluding hydrogens is 387 g/mol. The number of hydrogen-bond donors (Lipinski definition) is 0. The first kappa shape index (κ1) is 22.0. The number of carbonyl (C=O) groups is 1. The van der Waals surface area contributed by atoms with Crippen LogP contribution < -0.4 is 4.74 Å². The minimum atomic E-state index is -0.586. The number of hydrogen-bond acceptors (Lipinski definition) is 7. The number of esters is 1. The molecule has 0 spiro atoms. The Hall–Kier alpha value is -2.29. The van der Waals surface area contributed by atoms with E-state index in [9.17, 15) is 9.18 Å². The van der Waals surface area contributed by atoms with Crippen LogP contribution in [0, 0.1) is 5.82 Å². The van der Waals surface area contributed by atoms with E-state index in [-0.39, 0.29) is 28.9 Å². The molecule has 0 bridgehead atoms. The highest BCUT2D eigenvalue weighted by Gasteiger charge is 2.20. The lowest BCUT2D eigenvalue weighted by atomic mass is 10.1. The van der Waals surface area contributed by atoms with Gasteiger partial charge in [-0.2, -0.15) is 4.98 Å². The molecule has 28 heavy (non-hydrogen) atoms. The monoisotopic (exact) mass is 410 g/mol. The summed E-state index contributed by atoms with van der Waals surface area (Å²) in [6.07, 6.45) is 1.34. The Labute approximate surface area is 169 Å². The van der Waals surface area contributed by atoms with Crippen LogP contribution in [0.3, 0.4) is 0 Å². The minimum absolute atomic E-state index is 0.0992. The first-order valence-electron chi connectivity index (χ1n) is 8.69. The van der Waals surface area contributed by atoms with E-state index in [4.69, 9.17) is 21.1 Å². The maximum atomic E-state index is 13.4. The molecule has 0 unspecified atom stereocenters. The van der Waals surface area contributed by atoms with Crippen molar-refractivity contribution < 1.29 is 18.7 Å². The maximum Gasteiger partial charge on any atom is 0.341 e. The van der Waals surface area contributed by atoms with Gasteiger partial charge in [0, 0.05) is 24.8 Å². The van der Waals surface area contributed by atoms with Gasteiger partial charge in [0.05, 0.1) is 10.7 Å². The summed E-state index contributed by atoms with van der Waals surface area (Å²) in [6, 6.07) is 3.96. The SMILES string of the molecule is CN(C)CCOC(=O)c1cnc(OCCN(C)C)nc1-c1ccc(F)cc1Cl. The van der Waals surface area contributed by atoms with E-state index in [0.717, 1.165) is 6.07 Å². The first-order chi connectivity index (χ1) is 13.3. The molecule has 0 aliphatic heterocycles. The molecule has 2 rings (SSSR count). The van der Waals surface area contributed by atoms with Crippen molar-refractivity contribution in [2.24, 2.45) is 0 Å². The Bertz CT molecular complexity index is 818. The lowest BCUT2D eigenvalue weighted by Gasteiger charge is -2.14. The van der Waals surface area contributed by atoms with E-state index >= 15 is 0 Å². The summed E-state index contributed by atoms with van der Waals surface area (Å²) < 4.78 is 24.3. The number of halogens is 2. The van der Waals surface area contributed by atoms with Crippen molar-refractivity contribution in [1.29, 1.82) is 0 Å². The zero-order chi connectivity index (χ0) is 20.7. The molecule has 0 atom stereocenters. The molecule has 9 heteroatoms. The van der Waals surface area contributed by atoms with Gasteiger partial charge in [-0.1, -0.05) is 11.6 Å². The van der Waals surface area contributed by atoms with Crippen molar-refractivity contribution in [1.82, 2.24) is 19.8 Å². The summed E-state index contributed by atoms with van der Waals surface area (Å²) in [4.78, 5) is 24.8. The van der Waals surface area contributed by atoms with Crippen molar-refractivity contribution in [2.45, 2.75) is 0 Å². The number of rotatable bonds is 9. The predicted molar refractivity (Wildman–Crippen MR) is 105 cm³/mol. The Morgan fingerprint density at radius 1 is 1.14 bits per heavy atom. The molecule has 0 aliphatic rings. The topological polar surface area (TPSA) is 67.8 Å². The fraction of sp³-hybridized carbons (Fsp3) is 0.421. The third-order valence-corrected chi connectivity index (χ3v) is 4.03. The lowest BCUT2D eigenvalue weighted by molar-refractivity contribution is 0.0481. The highest BCUT2D eigenvalue weighted by Crippen LogP contribution is 2.30. The second kappa shape index (κ2) is 10.3. The van der Waals surface area contributed by atoms with E-state index in [1.165, 1.54) is 18.3 Å². The van der Waals surface area contributed by atoms with Gasteiger partial charge in [0.15, 0.2) is 0 Å². The van der Waals surface area contributed by atoms with E-state index in [0.29, 0.717) is 25.3 Å². The average Bonchev–Trinajstić information content (AvgIpc) is 2.61. The highest BCUT2D eigenvalue weighted by molar-refractivity contribution is 6.33. The summed E-state index contributed by atoms with van der Waals surface area (Å²) in [6.45, 7) is 1.83. The number of aromatic nitrogens is 2. The molecule has 0 radical (unpaired) electrons. The van der Waals surface area contributed by atoms with E-state index in [1.807, 2.05) is 38.0 Å². The Balaban J connectivity index is 2.33. The van der Waals surface area contributed by atoms with Gasteiger partial charge in [0.25, 0.3) is 0 Å². The molecular formula is C19H24ClFN4O3. The third kappa shape index (κ3) is 6.40. The van der Waals surface area contributed by atoms with Crippen molar-refractivity contribution >= 4 is 17.6 Å². The van der Waals surface area contributed by atoms with Gasteiger partial charge < -0.3 is 19.3 Å². The normalized spacial score (nSPS) is 11.1. The average molecular weight is 411 g/mol. The fourth-order valence-electron chi connectivity index (χ4n) is 2.19. The molecule has 1 aromatic carbocycles. The number of likely N-dealkylation sites (N-methyl/N-ethyl adjacent to an activating group) is 2. The number of benzene rings is 1. The molecule has 0 amide bonds. The molecule has 0 saturated carbocycles. The van der Waals surface area contributed by atoms with Crippen LogP contribution in [-0.2, 0) is 4.74 Å². The second-order valence-corrected chi connectivity index (χ2v) is 7.04. The van der Waals surface area contributed by atoms with Crippen molar-refractivity contribution in [3.8, 4) is 17.3 Å². The summed E-state index contributed by atoms with van der Waals surface area (Å²) in [5.74, 6) is -1.07. The van der Waals surface area contributed by atoms with Crippen LogP contribution in [-0.4, -0.2) is 80.2 Å². The first-order valence-corrected chi connectivity index (χ1v) is 9.07. The van der Waals surface area contributed by atoms with Crippen LogP contribution in [0.2, 0.25) is 5.02 Å². The zero-order valence-corrected chi connectivity index (χ0v) is 17.2. The van der Waals surface area contributed by atoms with Gasteiger partial charge in [-0.25, -0.2) is 14.2 Å². The lowest BCUT2D eigenvalue weighted by Crippen LogP contribution is -2.21.